The summed E-state index contributed by atoms with van der Waals surface area (Å²) in [5.41, 5.74) is 2.69. The monoisotopic (exact) mass is 309 g/mol. The van der Waals surface area contributed by atoms with Gasteiger partial charge < -0.3 is 16.0 Å². The van der Waals surface area contributed by atoms with Gasteiger partial charge in [-0.1, -0.05) is 24.3 Å². The van der Waals surface area contributed by atoms with E-state index in [1.54, 1.807) is 42.5 Å². The van der Waals surface area contributed by atoms with Crippen molar-refractivity contribution < 1.29 is 14.4 Å². The molecule has 116 valence electrons. The van der Waals surface area contributed by atoms with Gasteiger partial charge in [-0.25, -0.2) is 0 Å². The minimum Gasteiger partial charge on any atom is -0.343 e. The number of benzene rings is 2. The Labute approximate surface area is 132 Å². The molecule has 0 saturated carbocycles. The van der Waals surface area contributed by atoms with Crippen molar-refractivity contribution in [3.8, 4) is 0 Å². The standard InChI is InChI=1S/C17H15N3O3/c21-15-8-12-6-7-13(9-14(12)20-15)19-16(22)10-18-17(23)11-4-2-1-3-5-11/h1-7,9H,8,10H2,(H,18,23)(H,19,22)(H,20,21). The summed E-state index contributed by atoms with van der Waals surface area (Å²) in [6, 6.07) is 13.9. The average molecular weight is 309 g/mol. The first-order valence-electron chi connectivity index (χ1n) is 7.18. The molecule has 3 N–H and O–H groups in total. The van der Waals surface area contributed by atoms with Gasteiger partial charge in [0.1, 0.15) is 0 Å². The molecule has 0 saturated heterocycles. The summed E-state index contributed by atoms with van der Waals surface area (Å²) in [5, 5.41) is 7.97. The van der Waals surface area contributed by atoms with E-state index in [0.29, 0.717) is 23.4 Å². The molecule has 0 aliphatic carbocycles. The number of hydrogen-bond acceptors (Lipinski definition) is 3. The van der Waals surface area contributed by atoms with Crippen LogP contribution in [0.25, 0.3) is 0 Å². The Bertz CT molecular complexity index is 772. The van der Waals surface area contributed by atoms with E-state index in [1.807, 2.05) is 6.07 Å². The Morgan fingerprint density at radius 1 is 1.09 bits per heavy atom. The van der Waals surface area contributed by atoms with E-state index in [2.05, 4.69) is 16.0 Å². The molecule has 2 aromatic carbocycles. The van der Waals surface area contributed by atoms with E-state index in [0.717, 1.165) is 5.56 Å². The molecule has 0 bridgehead atoms. The molecule has 6 nitrogen and oxygen atoms in total. The molecular formula is C17H15N3O3. The third kappa shape index (κ3) is 3.55. The molecule has 3 amide bonds. The highest BCUT2D eigenvalue weighted by atomic mass is 16.2. The van der Waals surface area contributed by atoms with Crippen molar-refractivity contribution >= 4 is 29.1 Å². The third-order valence-electron chi connectivity index (χ3n) is 3.46. The second-order valence-corrected chi connectivity index (χ2v) is 5.19. The molecule has 2 aromatic rings. The van der Waals surface area contributed by atoms with Crippen LogP contribution in [0.4, 0.5) is 11.4 Å². The second kappa shape index (κ2) is 6.31. The molecule has 1 aliphatic heterocycles. The van der Waals surface area contributed by atoms with Gasteiger partial charge in [-0.05, 0) is 29.8 Å². The summed E-state index contributed by atoms with van der Waals surface area (Å²) < 4.78 is 0. The number of carbonyl (C=O) groups is 3. The molecule has 0 fully saturated rings. The number of hydrogen-bond donors (Lipinski definition) is 3. The molecule has 3 rings (SSSR count). The van der Waals surface area contributed by atoms with Crippen molar-refractivity contribution in [2.24, 2.45) is 0 Å². The molecule has 0 unspecified atom stereocenters. The number of fused-ring (bicyclic) bond motifs is 1. The summed E-state index contributed by atoms with van der Waals surface area (Å²) in [5.74, 6) is -0.695. The second-order valence-electron chi connectivity index (χ2n) is 5.19. The van der Waals surface area contributed by atoms with Gasteiger partial charge >= 0.3 is 0 Å². The fraction of sp³-hybridized carbons (Fsp3) is 0.118. The van der Waals surface area contributed by atoms with Crippen LogP contribution in [0.5, 0.6) is 0 Å². The lowest BCUT2D eigenvalue weighted by molar-refractivity contribution is -0.116. The summed E-state index contributed by atoms with van der Waals surface area (Å²) in [4.78, 5) is 35.1. The number of nitrogens with one attached hydrogen (secondary N) is 3. The summed E-state index contributed by atoms with van der Waals surface area (Å²) in [6.45, 7) is -0.128. The third-order valence-corrected chi connectivity index (χ3v) is 3.46. The van der Waals surface area contributed by atoms with Gasteiger partial charge in [0.05, 0.1) is 13.0 Å². The summed E-state index contributed by atoms with van der Waals surface area (Å²) >= 11 is 0. The van der Waals surface area contributed by atoms with Gasteiger partial charge in [-0.2, -0.15) is 0 Å². The van der Waals surface area contributed by atoms with Gasteiger partial charge in [-0.15, -0.1) is 0 Å². The van der Waals surface area contributed by atoms with Crippen molar-refractivity contribution in [3.63, 3.8) is 0 Å². The lowest BCUT2D eigenvalue weighted by Gasteiger charge is -2.08. The predicted octanol–water partition coefficient (Wildman–Crippen LogP) is 1.55. The fourth-order valence-electron chi connectivity index (χ4n) is 2.35. The Morgan fingerprint density at radius 3 is 2.65 bits per heavy atom. The van der Waals surface area contributed by atoms with Crippen molar-refractivity contribution in [3.05, 3.63) is 59.7 Å². The Hall–Kier alpha value is -3.15. The quantitative estimate of drug-likeness (QED) is 0.801. The number of anilines is 2. The maximum absolute atomic E-state index is 11.9. The molecule has 1 aliphatic rings. The van der Waals surface area contributed by atoms with Crippen LogP contribution in [0.15, 0.2) is 48.5 Å². The first-order valence-corrected chi connectivity index (χ1v) is 7.18. The van der Waals surface area contributed by atoms with Crippen LogP contribution in [-0.4, -0.2) is 24.3 Å². The van der Waals surface area contributed by atoms with Crippen LogP contribution in [-0.2, 0) is 16.0 Å². The molecule has 0 aromatic heterocycles. The summed E-state index contributed by atoms with van der Waals surface area (Å²) in [6.07, 6.45) is 0.358. The minimum absolute atomic E-state index is 0.0569. The smallest absolute Gasteiger partial charge is 0.251 e. The SMILES string of the molecule is O=C(CNC(=O)c1ccccc1)Nc1ccc2c(c1)NC(=O)C2. The molecule has 0 spiro atoms. The van der Waals surface area contributed by atoms with E-state index in [-0.39, 0.29) is 24.3 Å². The van der Waals surface area contributed by atoms with Crippen molar-refractivity contribution in [1.82, 2.24) is 5.32 Å². The zero-order valence-electron chi connectivity index (χ0n) is 12.3. The lowest BCUT2D eigenvalue weighted by Crippen LogP contribution is -2.32. The first kappa shape index (κ1) is 14.8. The van der Waals surface area contributed by atoms with E-state index in [1.165, 1.54) is 0 Å². The van der Waals surface area contributed by atoms with Gasteiger partial charge in [0, 0.05) is 16.9 Å². The van der Waals surface area contributed by atoms with Crippen LogP contribution in [0.3, 0.4) is 0 Å². The van der Waals surface area contributed by atoms with Gasteiger partial charge in [0.2, 0.25) is 11.8 Å². The van der Waals surface area contributed by atoms with Crippen LogP contribution >= 0.6 is 0 Å². The molecule has 0 radical (unpaired) electrons. The Morgan fingerprint density at radius 2 is 1.87 bits per heavy atom. The van der Waals surface area contributed by atoms with Crippen molar-refractivity contribution in [2.75, 3.05) is 17.2 Å². The molecule has 23 heavy (non-hydrogen) atoms. The Balaban J connectivity index is 1.55. The number of rotatable bonds is 4. The maximum Gasteiger partial charge on any atom is 0.251 e. The Kier molecular flexibility index (Phi) is 4.05. The highest BCUT2D eigenvalue weighted by Crippen LogP contribution is 2.26. The predicted molar refractivity (Wildman–Crippen MR) is 86.2 cm³/mol. The van der Waals surface area contributed by atoms with E-state index in [9.17, 15) is 14.4 Å². The molecular weight excluding hydrogens is 294 g/mol. The maximum atomic E-state index is 11.9. The number of amides is 3. The molecule has 0 atom stereocenters. The largest absolute Gasteiger partial charge is 0.343 e. The zero-order valence-corrected chi connectivity index (χ0v) is 12.3. The number of carbonyl (C=O) groups excluding carboxylic acids is 3. The van der Waals surface area contributed by atoms with Crippen molar-refractivity contribution in [2.45, 2.75) is 6.42 Å². The molecule has 1 heterocycles. The average Bonchev–Trinajstić information content (AvgIpc) is 2.92. The van der Waals surface area contributed by atoms with Gasteiger partial charge in [-0.3, -0.25) is 14.4 Å². The zero-order chi connectivity index (χ0) is 16.2. The lowest BCUT2D eigenvalue weighted by atomic mass is 10.1. The van der Waals surface area contributed by atoms with E-state index in [4.69, 9.17) is 0 Å². The highest BCUT2D eigenvalue weighted by Gasteiger charge is 2.17. The normalized spacial score (nSPS) is 12.3. The van der Waals surface area contributed by atoms with E-state index >= 15 is 0 Å². The van der Waals surface area contributed by atoms with Crippen LogP contribution in [0.1, 0.15) is 15.9 Å². The van der Waals surface area contributed by atoms with Crippen molar-refractivity contribution in [1.29, 1.82) is 0 Å². The van der Waals surface area contributed by atoms with E-state index < -0.39 is 0 Å². The van der Waals surface area contributed by atoms with Crippen LogP contribution in [0.2, 0.25) is 0 Å². The topological polar surface area (TPSA) is 87.3 Å². The summed E-state index contributed by atoms with van der Waals surface area (Å²) in [7, 11) is 0. The van der Waals surface area contributed by atoms with Gasteiger partial charge in [0.25, 0.3) is 5.91 Å². The highest BCUT2D eigenvalue weighted by molar-refractivity contribution is 6.02. The van der Waals surface area contributed by atoms with Crippen LogP contribution < -0.4 is 16.0 Å². The van der Waals surface area contributed by atoms with Crippen LogP contribution in [0, 0.1) is 0 Å². The fourth-order valence-corrected chi connectivity index (χ4v) is 2.35. The minimum atomic E-state index is -0.335. The van der Waals surface area contributed by atoms with Gasteiger partial charge in [0.15, 0.2) is 0 Å². The molecule has 6 heteroatoms. The first-order chi connectivity index (χ1) is 11.1.